The zero-order chi connectivity index (χ0) is 15.7. The molecule has 1 fully saturated rings. The average molecular weight is 315 g/mol. The summed E-state index contributed by atoms with van der Waals surface area (Å²) < 4.78 is 37.5. The number of nitrogens with zero attached hydrogens (tertiary/aromatic N) is 1. The van der Waals surface area contributed by atoms with E-state index in [-0.39, 0.29) is 6.42 Å². The van der Waals surface area contributed by atoms with E-state index in [0.717, 1.165) is 17.4 Å². The predicted molar refractivity (Wildman–Crippen MR) is 78.7 cm³/mol. The molecule has 0 radical (unpaired) electrons. The van der Waals surface area contributed by atoms with Crippen molar-refractivity contribution in [2.75, 3.05) is 26.3 Å². The molecule has 21 heavy (non-hydrogen) atoms. The number of carbonyl (C=O) groups excluding carboxylic acids is 1. The molecule has 118 valence electrons. The number of allylic oxidation sites excluding steroid dienone is 2. The highest BCUT2D eigenvalue weighted by Gasteiger charge is 2.49. The van der Waals surface area contributed by atoms with Crippen molar-refractivity contribution in [3.05, 3.63) is 23.3 Å². The SMILES string of the molecule is CC1=C(CC=O)C(N2CCOCC2)[C@](C)(S(=O)(=O)O)C=C1. The molecule has 7 heteroatoms. The second-order valence-corrected chi connectivity index (χ2v) is 7.45. The monoisotopic (exact) mass is 315 g/mol. The Labute approximate surface area is 125 Å². The largest absolute Gasteiger partial charge is 0.379 e. The molecule has 1 saturated heterocycles. The van der Waals surface area contributed by atoms with Gasteiger partial charge >= 0.3 is 0 Å². The van der Waals surface area contributed by atoms with Crippen molar-refractivity contribution in [1.29, 1.82) is 0 Å². The summed E-state index contributed by atoms with van der Waals surface area (Å²) in [6.07, 6.45) is 4.12. The second-order valence-electron chi connectivity index (χ2n) is 5.62. The third-order valence-electron chi connectivity index (χ3n) is 4.31. The molecule has 6 nitrogen and oxygen atoms in total. The molecule has 2 atom stereocenters. The van der Waals surface area contributed by atoms with E-state index in [9.17, 15) is 17.8 Å². The highest BCUT2D eigenvalue weighted by molar-refractivity contribution is 7.87. The van der Waals surface area contributed by atoms with Gasteiger partial charge < -0.3 is 9.53 Å². The van der Waals surface area contributed by atoms with Gasteiger partial charge in [0.2, 0.25) is 0 Å². The smallest absolute Gasteiger partial charge is 0.275 e. The summed E-state index contributed by atoms with van der Waals surface area (Å²) in [5.74, 6) is 0. The van der Waals surface area contributed by atoms with Gasteiger partial charge in [-0.05, 0) is 19.4 Å². The van der Waals surface area contributed by atoms with E-state index in [2.05, 4.69) is 0 Å². The summed E-state index contributed by atoms with van der Waals surface area (Å²) >= 11 is 0. The molecule has 0 aromatic rings. The first-order chi connectivity index (χ1) is 9.81. The second kappa shape index (κ2) is 6.00. The molecule has 0 spiro atoms. The van der Waals surface area contributed by atoms with Gasteiger partial charge in [-0.1, -0.05) is 17.7 Å². The van der Waals surface area contributed by atoms with Crippen molar-refractivity contribution >= 4 is 16.4 Å². The quantitative estimate of drug-likeness (QED) is 0.610. The molecule has 2 rings (SSSR count). The van der Waals surface area contributed by atoms with E-state index in [0.29, 0.717) is 26.3 Å². The van der Waals surface area contributed by atoms with Crippen molar-refractivity contribution < 1.29 is 22.5 Å². The van der Waals surface area contributed by atoms with Crippen LogP contribution in [0.3, 0.4) is 0 Å². The minimum absolute atomic E-state index is 0.156. The molecular weight excluding hydrogens is 294 g/mol. The van der Waals surface area contributed by atoms with Crippen LogP contribution in [0.2, 0.25) is 0 Å². The van der Waals surface area contributed by atoms with Crippen LogP contribution in [0.15, 0.2) is 23.3 Å². The predicted octanol–water partition coefficient (Wildman–Crippen LogP) is 0.809. The molecule has 0 saturated carbocycles. The molecule has 1 aliphatic carbocycles. The summed E-state index contributed by atoms with van der Waals surface area (Å²) in [6, 6.07) is -0.549. The number of hydrogen-bond donors (Lipinski definition) is 1. The Morgan fingerprint density at radius 3 is 2.62 bits per heavy atom. The summed E-state index contributed by atoms with van der Waals surface area (Å²) in [5, 5.41) is 0. The highest BCUT2D eigenvalue weighted by Crippen LogP contribution is 2.38. The van der Waals surface area contributed by atoms with Crippen LogP contribution in [0.5, 0.6) is 0 Å². The average Bonchev–Trinajstić information content (AvgIpc) is 2.43. The van der Waals surface area contributed by atoms with Crippen LogP contribution in [0.1, 0.15) is 20.3 Å². The lowest BCUT2D eigenvalue weighted by Gasteiger charge is -2.45. The molecule has 2 aliphatic rings. The molecule has 1 unspecified atom stereocenters. The molecular formula is C14H21NO5S. The topological polar surface area (TPSA) is 83.9 Å². The van der Waals surface area contributed by atoms with Gasteiger partial charge in [0, 0.05) is 19.5 Å². The van der Waals surface area contributed by atoms with Crippen molar-refractivity contribution in [3.63, 3.8) is 0 Å². The van der Waals surface area contributed by atoms with Crippen molar-refractivity contribution in [3.8, 4) is 0 Å². The molecule has 1 aliphatic heterocycles. The maximum absolute atomic E-state index is 12.0. The maximum atomic E-state index is 12.0. The first kappa shape index (κ1) is 16.4. The standard InChI is InChI=1S/C14H21NO5S/c1-11-3-5-14(2,21(17,18)19)13(12(11)4-8-16)15-6-9-20-10-7-15/h3,5,8,13H,4,6-7,9-10H2,1-2H3,(H,17,18,19)/t13?,14-/m1/s1. The number of rotatable bonds is 4. The van der Waals surface area contributed by atoms with Crippen molar-refractivity contribution in [2.45, 2.75) is 31.1 Å². The fourth-order valence-corrected chi connectivity index (χ4v) is 3.87. The van der Waals surface area contributed by atoms with E-state index in [1.165, 1.54) is 13.0 Å². The lowest BCUT2D eigenvalue weighted by molar-refractivity contribution is -0.107. The number of carbonyl (C=O) groups is 1. The van der Waals surface area contributed by atoms with E-state index >= 15 is 0 Å². The molecule has 0 bridgehead atoms. The third-order valence-corrected chi connectivity index (χ3v) is 5.78. The van der Waals surface area contributed by atoms with Crippen LogP contribution < -0.4 is 0 Å². The van der Waals surface area contributed by atoms with Gasteiger partial charge in [-0.15, -0.1) is 0 Å². The summed E-state index contributed by atoms with van der Waals surface area (Å²) in [6.45, 7) is 5.51. The van der Waals surface area contributed by atoms with Crippen LogP contribution in [0.4, 0.5) is 0 Å². The fourth-order valence-electron chi connectivity index (χ4n) is 3.06. The summed E-state index contributed by atoms with van der Waals surface area (Å²) in [4.78, 5) is 13.0. The Hall–Kier alpha value is -1.02. The van der Waals surface area contributed by atoms with Crippen LogP contribution >= 0.6 is 0 Å². The summed E-state index contributed by atoms with van der Waals surface area (Å²) in [7, 11) is -4.32. The van der Waals surface area contributed by atoms with Crippen LogP contribution in [-0.4, -0.2) is 61.2 Å². The highest BCUT2D eigenvalue weighted by atomic mass is 32.2. The zero-order valence-electron chi connectivity index (χ0n) is 12.3. The van der Waals surface area contributed by atoms with Gasteiger partial charge in [-0.25, -0.2) is 0 Å². The van der Waals surface area contributed by atoms with Crippen molar-refractivity contribution in [1.82, 2.24) is 4.90 Å². The van der Waals surface area contributed by atoms with Crippen LogP contribution in [0, 0.1) is 0 Å². The fraction of sp³-hybridized carbons (Fsp3) is 0.643. The van der Waals surface area contributed by atoms with E-state index < -0.39 is 20.9 Å². The Morgan fingerprint density at radius 1 is 1.48 bits per heavy atom. The van der Waals surface area contributed by atoms with Crippen molar-refractivity contribution in [2.24, 2.45) is 0 Å². The minimum Gasteiger partial charge on any atom is -0.379 e. The minimum atomic E-state index is -4.32. The lowest BCUT2D eigenvalue weighted by atomic mass is 9.82. The van der Waals surface area contributed by atoms with E-state index in [1.54, 1.807) is 6.08 Å². The first-order valence-electron chi connectivity index (χ1n) is 6.92. The molecule has 1 heterocycles. The molecule has 0 aromatic carbocycles. The Bertz CT molecular complexity index is 574. The molecule has 0 amide bonds. The number of morpholine rings is 1. The number of aldehydes is 1. The summed E-state index contributed by atoms with van der Waals surface area (Å²) in [5.41, 5.74) is 1.62. The number of ether oxygens (including phenoxy) is 1. The first-order valence-corrected chi connectivity index (χ1v) is 8.36. The van der Waals surface area contributed by atoms with Crippen LogP contribution in [0.25, 0.3) is 0 Å². The van der Waals surface area contributed by atoms with E-state index in [1.807, 2.05) is 11.8 Å². The maximum Gasteiger partial charge on any atom is 0.275 e. The van der Waals surface area contributed by atoms with Gasteiger partial charge in [0.15, 0.2) is 0 Å². The van der Waals surface area contributed by atoms with Gasteiger partial charge in [0.05, 0.1) is 19.3 Å². The van der Waals surface area contributed by atoms with Gasteiger partial charge in [-0.3, -0.25) is 9.45 Å². The normalized spacial score (nSPS) is 31.5. The Kier molecular flexibility index (Phi) is 4.67. The molecule has 0 aromatic heterocycles. The number of hydrogen-bond acceptors (Lipinski definition) is 5. The van der Waals surface area contributed by atoms with Gasteiger partial charge in [0.25, 0.3) is 10.1 Å². The van der Waals surface area contributed by atoms with E-state index in [4.69, 9.17) is 4.74 Å². The zero-order valence-corrected chi connectivity index (χ0v) is 13.1. The van der Waals surface area contributed by atoms with Gasteiger partial charge in [-0.2, -0.15) is 8.42 Å². The Morgan fingerprint density at radius 2 is 2.10 bits per heavy atom. The Balaban J connectivity index is 2.52. The van der Waals surface area contributed by atoms with Crippen LogP contribution in [-0.2, 0) is 19.6 Å². The third kappa shape index (κ3) is 2.96. The molecule has 1 N–H and O–H groups in total. The lowest BCUT2D eigenvalue weighted by Crippen LogP contribution is -2.58. The van der Waals surface area contributed by atoms with Gasteiger partial charge in [0.1, 0.15) is 11.0 Å².